The topological polar surface area (TPSA) is 96.0 Å². The molecule has 0 fully saturated rings. The minimum Gasteiger partial charge on any atom is -0.497 e. The zero-order chi connectivity index (χ0) is 25.5. The minimum absolute atomic E-state index is 0.0536. The van der Waals surface area contributed by atoms with Gasteiger partial charge >= 0.3 is 0 Å². The molecule has 0 aliphatic heterocycles. The highest BCUT2D eigenvalue weighted by atomic mass is 79.9. The predicted octanol–water partition coefficient (Wildman–Crippen LogP) is 3.56. The van der Waals surface area contributed by atoms with Crippen molar-refractivity contribution in [3.63, 3.8) is 0 Å². The Bertz CT molecular complexity index is 1090. The molecule has 0 saturated heterocycles. The molecule has 0 aliphatic rings. The fourth-order valence-electron chi connectivity index (χ4n) is 3.22. The van der Waals surface area contributed by atoms with E-state index >= 15 is 0 Å². The number of halogens is 1. The number of benzene rings is 2. The third-order valence-electron chi connectivity index (χ3n) is 5.46. The van der Waals surface area contributed by atoms with Gasteiger partial charge in [0, 0.05) is 17.1 Å². The summed E-state index contributed by atoms with van der Waals surface area (Å²) in [4.78, 5) is 27.8. The van der Waals surface area contributed by atoms with Gasteiger partial charge in [0.2, 0.25) is 21.8 Å². The molecule has 2 aromatic rings. The molecule has 0 unspecified atom stereocenters. The summed E-state index contributed by atoms with van der Waals surface area (Å²) in [5.41, 5.74) is 1.14. The summed E-state index contributed by atoms with van der Waals surface area (Å²) in [5.74, 6) is -0.125. The molecule has 186 valence electrons. The average molecular weight is 555 g/mol. The van der Waals surface area contributed by atoms with Crippen LogP contribution in [0, 0.1) is 0 Å². The smallest absolute Gasteiger partial charge is 0.244 e. The predicted molar refractivity (Wildman–Crippen MR) is 137 cm³/mol. The summed E-state index contributed by atoms with van der Waals surface area (Å²) >= 11 is 3.34. The van der Waals surface area contributed by atoms with E-state index in [4.69, 9.17) is 4.74 Å². The summed E-state index contributed by atoms with van der Waals surface area (Å²) in [5, 5.41) is 2.90. The first-order chi connectivity index (χ1) is 16.0. The Morgan fingerprint density at radius 3 is 2.29 bits per heavy atom. The van der Waals surface area contributed by atoms with Crippen LogP contribution in [0.3, 0.4) is 0 Å². The lowest BCUT2D eigenvalue weighted by atomic mass is 10.1. The molecular formula is C24H32BrN3O5S. The number of carbonyl (C=O) groups excluding carboxylic acids is 2. The van der Waals surface area contributed by atoms with Gasteiger partial charge < -0.3 is 15.0 Å². The highest BCUT2D eigenvalue weighted by Gasteiger charge is 2.30. The Morgan fingerprint density at radius 2 is 1.76 bits per heavy atom. The maximum Gasteiger partial charge on any atom is 0.244 e. The van der Waals surface area contributed by atoms with E-state index in [-0.39, 0.29) is 18.5 Å². The molecule has 2 atom stereocenters. The number of carbonyl (C=O) groups is 2. The van der Waals surface area contributed by atoms with Gasteiger partial charge in [-0.25, -0.2) is 8.42 Å². The Balaban J connectivity index is 2.37. The van der Waals surface area contributed by atoms with Crippen molar-refractivity contribution in [3.8, 4) is 5.75 Å². The van der Waals surface area contributed by atoms with Crippen molar-refractivity contribution in [1.29, 1.82) is 0 Å². The largest absolute Gasteiger partial charge is 0.497 e. The van der Waals surface area contributed by atoms with E-state index in [0.717, 1.165) is 22.5 Å². The van der Waals surface area contributed by atoms with Gasteiger partial charge in [-0.05, 0) is 56.2 Å². The number of sulfonamides is 1. The molecule has 8 nitrogen and oxygen atoms in total. The molecular weight excluding hydrogens is 522 g/mol. The number of amides is 2. The number of ether oxygens (including phenoxy) is 1. The summed E-state index contributed by atoms with van der Waals surface area (Å²) < 4.78 is 32.0. The Labute approximate surface area is 210 Å². The van der Waals surface area contributed by atoms with Crippen molar-refractivity contribution in [1.82, 2.24) is 10.2 Å². The molecule has 10 heteroatoms. The van der Waals surface area contributed by atoms with Gasteiger partial charge in [0.25, 0.3) is 0 Å². The van der Waals surface area contributed by atoms with Crippen molar-refractivity contribution < 1.29 is 22.7 Å². The van der Waals surface area contributed by atoms with Gasteiger partial charge in [-0.3, -0.25) is 13.9 Å². The van der Waals surface area contributed by atoms with E-state index in [0.29, 0.717) is 15.9 Å². The minimum atomic E-state index is -3.77. The van der Waals surface area contributed by atoms with Crippen molar-refractivity contribution in [2.24, 2.45) is 0 Å². The fourth-order valence-corrected chi connectivity index (χ4v) is 4.45. The second-order valence-electron chi connectivity index (χ2n) is 8.11. The van der Waals surface area contributed by atoms with Crippen molar-refractivity contribution in [3.05, 3.63) is 58.6 Å². The average Bonchev–Trinajstić information content (AvgIpc) is 2.79. The van der Waals surface area contributed by atoms with E-state index in [1.54, 1.807) is 62.6 Å². The highest BCUT2D eigenvalue weighted by Crippen LogP contribution is 2.23. The van der Waals surface area contributed by atoms with Crippen LogP contribution in [0.4, 0.5) is 5.69 Å². The van der Waals surface area contributed by atoms with E-state index in [2.05, 4.69) is 21.2 Å². The van der Waals surface area contributed by atoms with Gasteiger partial charge in [0.15, 0.2) is 0 Å². The summed E-state index contributed by atoms with van der Waals surface area (Å²) in [6.45, 7) is 5.18. The maximum absolute atomic E-state index is 13.5. The molecule has 0 radical (unpaired) electrons. The molecule has 0 heterocycles. The molecule has 1 N–H and O–H groups in total. The quantitative estimate of drug-likeness (QED) is 0.459. The first-order valence-corrected chi connectivity index (χ1v) is 13.6. The van der Waals surface area contributed by atoms with Crippen LogP contribution in [0.2, 0.25) is 0 Å². The molecule has 0 bridgehead atoms. The molecule has 0 aromatic heterocycles. The Hall–Kier alpha value is -2.59. The van der Waals surface area contributed by atoms with Gasteiger partial charge in [-0.15, -0.1) is 0 Å². The van der Waals surface area contributed by atoms with Gasteiger partial charge in [0.05, 0.1) is 19.1 Å². The van der Waals surface area contributed by atoms with E-state index in [9.17, 15) is 18.0 Å². The van der Waals surface area contributed by atoms with Crippen LogP contribution in [0.15, 0.2) is 53.0 Å². The van der Waals surface area contributed by atoms with Crippen molar-refractivity contribution in [2.45, 2.75) is 45.8 Å². The third-order valence-corrected chi connectivity index (χ3v) is 7.09. The second kappa shape index (κ2) is 12.2. The summed E-state index contributed by atoms with van der Waals surface area (Å²) in [6, 6.07) is 13.0. The zero-order valence-electron chi connectivity index (χ0n) is 20.1. The van der Waals surface area contributed by atoms with Gasteiger partial charge in [0.1, 0.15) is 18.3 Å². The first-order valence-electron chi connectivity index (χ1n) is 10.9. The zero-order valence-corrected chi connectivity index (χ0v) is 22.5. The number of nitrogens with zero attached hydrogens (tertiary/aromatic N) is 2. The van der Waals surface area contributed by atoms with Crippen LogP contribution in [-0.4, -0.2) is 57.1 Å². The molecule has 2 amide bonds. The maximum atomic E-state index is 13.5. The second-order valence-corrected chi connectivity index (χ2v) is 10.9. The number of anilines is 1. The first kappa shape index (κ1) is 27.7. The highest BCUT2D eigenvalue weighted by molar-refractivity contribution is 9.10. The third kappa shape index (κ3) is 7.73. The van der Waals surface area contributed by atoms with Crippen LogP contribution < -0.4 is 14.4 Å². The Morgan fingerprint density at radius 1 is 1.12 bits per heavy atom. The van der Waals surface area contributed by atoms with Crippen LogP contribution in [0.1, 0.15) is 32.8 Å². The van der Waals surface area contributed by atoms with E-state index < -0.39 is 28.5 Å². The van der Waals surface area contributed by atoms with E-state index in [1.165, 1.54) is 4.90 Å². The molecule has 0 aliphatic carbocycles. The van der Waals surface area contributed by atoms with Crippen molar-refractivity contribution in [2.75, 3.05) is 24.2 Å². The van der Waals surface area contributed by atoms with Crippen LogP contribution in [0.5, 0.6) is 5.75 Å². The standard InChI is InChI=1S/C24H32BrN3O5S/c1-6-17(2)26-24(30)18(3)27(15-19-10-12-22(33-4)13-11-19)23(29)16-28(34(5,31)32)21-9-7-8-20(25)14-21/h7-14,17-18H,6,15-16H2,1-5H3,(H,26,30)/t17-,18-/m1/s1. The van der Waals surface area contributed by atoms with Crippen LogP contribution in [-0.2, 0) is 26.2 Å². The van der Waals surface area contributed by atoms with E-state index in [1.807, 2.05) is 13.8 Å². The molecule has 34 heavy (non-hydrogen) atoms. The Kier molecular flexibility index (Phi) is 9.93. The monoisotopic (exact) mass is 553 g/mol. The van der Waals surface area contributed by atoms with Gasteiger partial charge in [-0.1, -0.05) is 41.1 Å². The number of hydrogen-bond donors (Lipinski definition) is 1. The molecule has 0 saturated carbocycles. The lowest BCUT2D eigenvalue weighted by molar-refractivity contribution is -0.139. The van der Waals surface area contributed by atoms with Gasteiger partial charge in [-0.2, -0.15) is 0 Å². The molecule has 2 aromatic carbocycles. The summed E-state index contributed by atoms with van der Waals surface area (Å²) in [6.07, 6.45) is 1.80. The normalized spacial score (nSPS) is 13.0. The van der Waals surface area contributed by atoms with Crippen LogP contribution >= 0.6 is 15.9 Å². The SMILES string of the molecule is CC[C@@H](C)NC(=O)[C@@H](C)N(Cc1ccc(OC)cc1)C(=O)CN(c1cccc(Br)c1)S(C)(=O)=O. The van der Waals surface area contributed by atoms with Crippen LogP contribution in [0.25, 0.3) is 0 Å². The molecule has 2 rings (SSSR count). The fraction of sp³-hybridized carbons (Fsp3) is 0.417. The van der Waals surface area contributed by atoms with Crippen molar-refractivity contribution >= 4 is 43.5 Å². The number of nitrogens with one attached hydrogen (secondary N) is 1. The lowest BCUT2D eigenvalue weighted by Crippen LogP contribution is -2.52. The molecule has 0 spiro atoms. The number of rotatable bonds is 11. The number of hydrogen-bond acceptors (Lipinski definition) is 5. The summed E-state index contributed by atoms with van der Waals surface area (Å²) in [7, 11) is -2.20. The lowest BCUT2D eigenvalue weighted by Gasteiger charge is -2.32. The number of methoxy groups -OCH3 is 1.